The lowest BCUT2D eigenvalue weighted by Crippen LogP contribution is -2.28. The standard InChI is InChI=1S/C24H24N4/c1-4-5-8-19-17(3)20(15-25)24-27-21-9-6-7-10-22(21)28(24)23(19)26-18-13-11-16(2)12-14-18/h6-7,9-14H,4-5,8H2,1-3H3,(H,26,27)/p+1. The van der Waals surface area contributed by atoms with E-state index in [4.69, 9.17) is 0 Å². The summed E-state index contributed by atoms with van der Waals surface area (Å²) in [6.07, 6.45) is 3.14. The fourth-order valence-electron chi connectivity index (χ4n) is 3.83. The molecule has 2 aromatic heterocycles. The summed E-state index contributed by atoms with van der Waals surface area (Å²) in [5.74, 6) is 1.04. The summed E-state index contributed by atoms with van der Waals surface area (Å²) in [6, 6.07) is 19.1. The van der Waals surface area contributed by atoms with Gasteiger partial charge in [0.15, 0.2) is 0 Å². The Morgan fingerprint density at radius 2 is 1.82 bits per heavy atom. The number of fused-ring (bicyclic) bond motifs is 3. The molecular weight excluding hydrogens is 344 g/mol. The van der Waals surface area contributed by atoms with Gasteiger partial charge in [-0.3, -0.25) is 10.3 Å². The summed E-state index contributed by atoms with van der Waals surface area (Å²) < 4.78 is 2.17. The third-order valence-electron chi connectivity index (χ3n) is 5.40. The monoisotopic (exact) mass is 369 g/mol. The van der Waals surface area contributed by atoms with Crippen molar-refractivity contribution in [1.29, 1.82) is 5.26 Å². The number of hydrogen-bond donors (Lipinski definition) is 2. The zero-order valence-electron chi connectivity index (χ0n) is 16.6. The van der Waals surface area contributed by atoms with Gasteiger partial charge in [-0.15, -0.1) is 0 Å². The molecule has 4 heteroatoms. The van der Waals surface area contributed by atoms with E-state index < -0.39 is 0 Å². The van der Waals surface area contributed by atoms with Crippen LogP contribution in [-0.2, 0) is 6.42 Å². The van der Waals surface area contributed by atoms with Gasteiger partial charge in [-0.05, 0) is 56.5 Å². The van der Waals surface area contributed by atoms with Crippen molar-refractivity contribution in [2.24, 2.45) is 0 Å². The predicted octanol–water partition coefficient (Wildman–Crippen LogP) is 5.48. The van der Waals surface area contributed by atoms with Gasteiger partial charge >= 0.3 is 0 Å². The molecule has 0 amide bonds. The highest BCUT2D eigenvalue weighted by molar-refractivity contribution is 5.78. The number of H-pyrrole nitrogens is 1. The van der Waals surface area contributed by atoms with Gasteiger partial charge < -0.3 is 0 Å². The second-order valence-electron chi connectivity index (χ2n) is 7.36. The Morgan fingerprint density at radius 3 is 2.54 bits per heavy atom. The largest absolute Gasteiger partial charge is 0.273 e. The molecule has 0 unspecified atom stereocenters. The summed E-state index contributed by atoms with van der Waals surface area (Å²) in [7, 11) is 0. The van der Waals surface area contributed by atoms with Crippen LogP contribution in [0.25, 0.3) is 16.7 Å². The molecule has 4 rings (SSSR count). The van der Waals surface area contributed by atoms with E-state index in [1.54, 1.807) is 0 Å². The molecule has 4 aromatic rings. The minimum absolute atomic E-state index is 0.719. The number of nitrogens with zero attached hydrogens (tertiary/aromatic N) is 2. The first-order chi connectivity index (χ1) is 13.6. The number of aryl methyl sites for hydroxylation is 1. The molecule has 0 atom stereocenters. The van der Waals surface area contributed by atoms with Gasteiger partial charge in [0.1, 0.15) is 22.7 Å². The van der Waals surface area contributed by atoms with E-state index in [9.17, 15) is 5.26 Å². The zero-order valence-corrected chi connectivity index (χ0v) is 16.6. The summed E-state index contributed by atoms with van der Waals surface area (Å²) in [5, 5.41) is 13.6. The quantitative estimate of drug-likeness (QED) is 0.458. The smallest absolute Gasteiger partial charge is 0.250 e. The van der Waals surface area contributed by atoms with Crippen molar-refractivity contribution in [3.8, 4) is 6.07 Å². The summed E-state index contributed by atoms with van der Waals surface area (Å²) >= 11 is 0. The van der Waals surface area contributed by atoms with E-state index in [0.29, 0.717) is 0 Å². The Morgan fingerprint density at radius 1 is 1.07 bits per heavy atom. The molecule has 0 radical (unpaired) electrons. The van der Waals surface area contributed by atoms with E-state index in [1.165, 1.54) is 11.1 Å². The van der Waals surface area contributed by atoms with Gasteiger partial charge in [-0.1, -0.05) is 43.2 Å². The highest BCUT2D eigenvalue weighted by Gasteiger charge is 2.25. The lowest BCUT2D eigenvalue weighted by Gasteiger charge is -2.14. The molecule has 0 aliphatic rings. The fourth-order valence-corrected chi connectivity index (χ4v) is 3.83. The second kappa shape index (κ2) is 7.36. The van der Waals surface area contributed by atoms with Gasteiger partial charge in [0.2, 0.25) is 11.5 Å². The zero-order chi connectivity index (χ0) is 19.7. The maximum atomic E-state index is 9.90. The average molecular weight is 369 g/mol. The number of para-hydroxylation sites is 2. The number of anilines is 2. The third kappa shape index (κ3) is 2.99. The van der Waals surface area contributed by atoms with Crippen molar-refractivity contribution < 1.29 is 4.40 Å². The number of pyridine rings is 1. The van der Waals surface area contributed by atoms with Crippen LogP contribution in [0, 0.1) is 25.2 Å². The third-order valence-corrected chi connectivity index (χ3v) is 5.40. The van der Waals surface area contributed by atoms with Gasteiger partial charge in [-0.25, -0.2) is 0 Å². The molecule has 2 N–H and O–H groups in total. The Kier molecular flexibility index (Phi) is 4.75. The van der Waals surface area contributed by atoms with Crippen LogP contribution < -0.4 is 9.72 Å². The minimum Gasteiger partial charge on any atom is -0.273 e. The molecule has 2 aromatic carbocycles. The second-order valence-corrected chi connectivity index (χ2v) is 7.36. The molecule has 28 heavy (non-hydrogen) atoms. The topological polar surface area (TPSA) is 55.7 Å². The van der Waals surface area contributed by atoms with Crippen LogP contribution in [-0.4, -0.2) is 4.98 Å². The van der Waals surface area contributed by atoms with E-state index in [2.05, 4.69) is 77.9 Å². The van der Waals surface area contributed by atoms with E-state index >= 15 is 0 Å². The maximum absolute atomic E-state index is 9.90. The van der Waals surface area contributed by atoms with Gasteiger partial charge in [0.25, 0.3) is 0 Å². The SMILES string of the molecule is CCCCc1c(C)c(C#N)c2[nH]c3ccccc3[n+]2c1Nc1ccc(C)cc1. The molecule has 0 spiro atoms. The van der Waals surface area contributed by atoms with Crippen LogP contribution in [0.3, 0.4) is 0 Å². The van der Waals surface area contributed by atoms with Gasteiger partial charge in [0, 0.05) is 5.56 Å². The van der Waals surface area contributed by atoms with Crippen molar-refractivity contribution in [3.63, 3.8) is 0 Å². The first-order valence-electron chi connectivity index (χ1n) is 9.85. The Hall–Kier alpha value is -3.32. The molecule has 0 bridgehead atoms. The van der Waals surface area contributed by atoms with Crippen LogP contribution in [0.5, 0.6) is 0 Å². The van der Waals surface area contributed by atoms with Crippen molar-refractivity contribution >= 4 is 28.2 Å². The number of imidazole rings is 1. The molecule has 2 heterocycles. The highest BCUT2D eigenvalue weighted by Crippen LogP contribution is 2.28. The Balaban J connectivity index is 2.05. The number of hydrogen-bond acceptors (Lipinski definition) is 2. The van der Waals surface area contributed by atoms with Crippen molar-refractivity contribution in [2.45, 2.75) is 40.0 Å². The van der Waals surface area contributed by atoms with Crippen LogP contribution in [0.2, 0.25) is 0 Å². The van der Waals surface area contributed by atoms with Crippen LogP contribution in [0.4, 0.5) is 11.5 Å². The maximum Gasteiger partial charge on any atom is 0.250 e. The summed E-state index contributed by atoms with van der Waals surface area (Å²) in [4.78, 5) is 3.46. The van der Waals surface area contributed by atoms with Crippen molar-refractivity contribution in [1.82, 2.24) is 4.98 Å². The number of rotatable bonds is 5. The highest BCUT2D eigenvalue weighted by atomic mass is 15.1. The molecule has 0 saturated carbocycles. The molecule has 0 aliphatic carbocycles. The Labute approximate surface area is 165 Å². The van der Waals surface area contributed by atoms with Gasteiger partial charge in [0.05, 0.1) is 5.69 Å². The first-order valence-corrected chi connectivity index (χ1v) is 9.85. The number of benzene rings is 2. The molecule has 140 valence electrons. The van der Waals surface area contributed by atoms with Crippen molar-refractivity contribution in [3.05, 3.63) is 70.8 Å². The molecule has 0 saturated heterocycles. The van der Waals surface area contributed by atoms with Crippen LogP contribution in [0.15, 0.2) is 48.5 Å². The predicted molar refractivity (Wildman–Crippen MR) is 114 cm³/mol. The minimum atomic E-state index is 0.719. The fraction of sp³-hybridized carbons (Fsp3) is 0.250. The number of unbranched alkanes of at least 4 members (excludes halogenated alkanes) is 1. The molecule has 0 aliphatic heterocycles. The number of nitrogens with one attached hydrogen (secondary N) is 2. The van der Waals surface area contributed by atoms with Crippen molar-refractivity contribution in [2.75, 3.05) is 5.32 Å². The summed E-state index contributed by atoms with van der Waals surface area (Å²) in [5.41, 5.74) is 8.20. The van der Waals surface area contributed by atoms with E-state index in [1.807, 2.05) is 12.1 Å². The lowest BCUT2D eigenvalue weighted by atomic mass is 9.99. The number of nitriles is 1. The van der Waals surface area contributed by atoms with Crippen LogP contribution >= 0.6 is 0 Å². The lowest BCUT2D eigenvalue weighted by molar-refractivity contribution is -0.465. The average Bonchev–Trinajstić information content (AvgIpc) is 3.08. The number of aromatic nitrogens is 2. The Bertz CT molecular complexity index is 1190. The van der Waals surface area contributed by atoms with E-state index in [0.717, 1.165) is 58.6 Å². The first kappa shape index (κ1) is 18.1. The molecular formula is C24H25N4+. The summed E-state index contributed by atoms with van der Waals surface area (Å²) in [6.45, 7) is 6.36. The normalized spacial score (nSPS) is 11.1. The van der Waals surface area contributed by atoms with Crippen LogP contribution in [0.1, 0.15) is 42.0 Å². The number of aromatic amines is 1. The molecule has 0 fully saturated rings. The van der Waals surface area contributed by atoms with Gasteiger partial charge in [-0.2, -0.15) is 9.66 Å². The molecule has 4 nitrogen and oxygen atoms in total. The van der Waals surface area contributed by atoms with E-state index in [-0.39, 0.29) is 0 Å².